The second kappa shape index (κ2) is 8.31. The molecule has 0 unspecified atom stereocenters. The van der Waals surface area contributed by atoms with Crippen molar-refractivity contribution in [3.8, 4) is 5.75 Å². The van der Waals surface area contributed by atoms with E-state index >= 15 is 0 Å². The number of ether oxygens (including phenoxy) is 1. The van der Waals surface area contributed by atoms with E-state index in [2.05, 4.69) is 4.98 Å². The van der Waals surface area contributed by atoms with E-state index in [4.69, 9.17) is 22.1 Å². The zero-order chi connectivity index (χ0) is 18.7. The van der Waals surface area contributed by atoms with Gasteiger partial charge >= 0.3 is 0 Å². The number of aliphatic hydroxyl groups is 1. The van der Waals surface area contributed by atoms with E-state index in [1.807, 2.05) is 30.1 Å². The zero-order valence-corrected chi connectivity index (χ0v) is 15.3. The first-order valence-electron chi connectivity index (χ1n) is 8.61. The van der Waals surface area contributed by atoms with Gasteiger partial charge in [0.25, 0.3) is 0 Å². The first-order chi connectivity index (χ1) is 12.5. The van der Waals surface area contributed by atoms with Gasteiger partial charge in [0.1, 0.15) is 23.8 Å². The number of nitrogens with zero attached hydrogens (tertiary/aromatic N) is 2. The fraction of sp³-hybridized carbons (Fsp3) is 0.421. The highest BCUT2D eigenvalue weighted by Gasteiger charge is 2.44. The van der Waals surface area contributed by atoms with Crippen molar-refractivity contribution in [3.05, 3.63) is 59.1 Å². The lowest BCUT2D eigenvalue weighted by Gasteiger charge is -2.30. The Balaban J connectivity index is 1.61. The molecule has 0 radical (unpaired) electrons. The number of nitrogens with two attached hydrogens (primary N) is 1. The van der Waals surface area contributed by atoms with Crippen LogP contribution in [0.25, 0.3) is 0 Å². The van der Waals surface area contributed by atoms with Crippen molar-refractivity contribution in [2.24, 2.45) is 5.73 Å². The molecule has 1 aliphatic carbocycles. The highest BCUT2D eigenvalue weighted by molar-refractivity contribution is 6.30. The average Bonchev–Trinajstić information content (AvgIpc) is 2.90. The fourth-order valence-corrected chi connectivity index (χ4v) is 3.61. The highest BCUT2D eigenvalue weighted by atomic mass is 35.5. The SMILES string of the molecule is CN(CCc1ccccn1)[C@@H]1[C@@H](O)[C@H](Oc2ccc(F)c(Cl)c2)C[C@H]1N. The lowest BCUT2D eigenvalue weighted by molar-refractivity contribution is 0.0160. The molecule has 140 valence electrons. The van der Waals surface area contributed by atoms with Crippen molar-refractivity contribution in [1.29, 1.82) is 0 Å². The molecular formula is C19H23ClFN3O2. The molecule has 3 N–H and O–H groups in total. The van der Waals surface area contributed by atoms with Gasteiger partial charge in [0.2, 0.25) is 0 Å². The molecule has 2 aromatic rings. The van der Waals surface area contributed by atoms with E-state index in [9.17, 15) is 9.50 Å². The maximum absolute atomic E-state index is 13.3. The number of aromatic nitrogens is 1. The van der Waals surface area contributed by atoms with Crippen LogP contribution >= 0.6 is 11.6 Å². The van der Waals surface area contributed by atoms with Gasteiger partial charge < -0.3 is 15.6 Å². The topological polar surface area (TPSA) is 71.6 Å². The number of pyridine rings is 1. The van der Waals surface area contributed by atoms with Crippen LogP contribution in [0, 0.1) is 5.82 Å². The molecular weight excluding hydrogens is 357 g/mol. The Morgan fingerprint density at radius 1 is 1.38 bits per heavy atom. The highest BCUT2D eigenvalue weighted by Crippen LogP contribution is 2.29. The average molecular weight is 380 g/mol. The minimum Gasteiger partial charge on any atom is -0.488 e. The van der Waals surface area contributed by atoms with Crippen LogP contribution in [0.1, 0.15) is 12.1 Å². The molecule has 0 amide bonds. The third-order valence-corrected chi connectivity index (χ3v) is 5.10. The molecule has 7 heteroatoms. The molecule has 1 fully saturated rings. The number of likely N-dealkylation sites (N-methyl/N-ethyl adjacent to an activating group) is 1. The number of benzene rings is 1. The molecule has 1 aromatic carbocycles. The van der Waals surface area contributed by atoms with Gasteiger partial charge in [-0.05, 0) is 31.3 Å². The van der Waals surface area contributed by atoms with Crippen molar-refractivity contribution in [3.63, 3.8) is 0 Å². The summed E-state index contributed by atoms with van der Waals surface area (Å²) in [5.41, 5.74) is 7.25. The molecule has 4 atom stereocenters. The van der Waals surface area contributed by atoms with Crippen molar-refractivity contribution < 1.29 is 14.2 Å². The summed E-state index contributed by atoms with van der Waals surface area (Å²) >= 11 is 5.79. The molecule has 0 saturated heterocycles. The third kappa shape index (κ3) is 4.32. The van der Waals surface area contributed by atoms with Gasteiger partial charge in [-0.15, -0.1) is 0 Å². The number of aliphatic hydroxyl groups excluding tert-OH is 1. The lowest BCUT2D eigenvalue weighted by Crippen LogP contribution is -2.49. The van der Waals surface area contributed by atoms with Gasteiger partial charge in [-0.3, -0.25) is 9.88 Å². The smallest absolute Gasteiger partial charge is 0.142 e. The lowest BCUT2D eigenvalue weighted by atomic mass is 10.1. The van der Waals surface area contributed by atoms with Crippen LogP contribution in [0.4, 0.5) is 4.39 Å². The van der Waals surface area contributed by atoms with Gasteiger partial charge in [0, 0.05) is 43.4 Å². The minimum absolute atomic E-state index is 0.0108. The normalized spacial score (nSPS) is 25.6. The van der Waals surface area contributed by atoms with Gasteiger partial charge in [-0.2, -0.15) is 0 Å². The molecule has 1 aromatic heterocycles. The number of halogens is 2. The first-order valence-corrected chi connectivity index (χ1v) is 8.99. The van der Waals surface area contributed by atoms with Crippen LogP contribution in [0.5, 0.6) is 5.75 Å². The van der Waals surface area contributed by atoms with Crippen molar-refractivity contribution in [2.45, 2.75) is 37.1 Å². The van der Waals surface area contributed by atoms with Crippen molar-refractivity contribution >= 4 is 11.6 Å². The van der Waals surface area contributed by atoms with E-state index in [1.165, 1.54) is 18.2 Å². The molecule has 3 rings (SSSR count). The summed E-state index contributed by atoms with van der Waals surface area (Å²) in [5.74, 6) is -0.0840. The van der Waals surface area contributed by atoms with E-state index in [-0.39, 0.29) is 17.1 Å². The Hall–Kier alpha value is -1.73. The summed E-state index contributed by atoms with van der Waals surface area (Å²) < 4.78 is 19.1. The monoisotopic (exact) mass is 379 g/mol. The molecule has 0 aliphatic heterocycles. The van der Waals surface area contributed by atoms with Crippen LogP contribution in [-0.4, -0.2) is 52.9 Å². The maximum atomic E-state index is 13.3. The molecule has 1 saturated carbocycles. The predicted octanol–water partition coefficient (Wildman–Crippen LogP) is 2.26. The summed E-state index contributed by atoms with van der Waals surface area (Å²) in [4.78, 5) is 6.36. The van der Waals surface area contributed by atoms with Gasteiger partial charge in [-0.1, -0.05) is 17.7 Å². The summed E-state index contributed by atoms with van der Waals surface area (Å²) in [6.07, 6.45) is 1.83. The zero-order valence-electron chi connectivity index (χ0n) is 14.6. The fourth-order valence-electron chi connectivity index (χ4n) is 3.44. The second-order valence-corrected chi connectivity index (χ2v) is 7.07. The summed E-state index contributed by atoms with van der Waals surface area (Å²) in [6, 6.07) is 9.52. The number of hydrogen-bond acceptors (Lipinski definition) is 5. The minimum atomic E-state index is -0.748. The van der Waals surface area contributed by atoms with Crippen LogP contribution in [-0.2, 0) is 6.42 Å². The molecule has 26 heavy (non-hydrogen) atoms. The van der Waals surface area contributed by atoms with E-state index in [0.29, 0.717) is 12.2 Å². The Morgan fingerprint density at radius 2 is 2.19 bits per heavy atom. The Morgan fingerprint density at radius 3 is 2.88 bits per heavy atom. The first kappa shape index (κ1) is 19.0. The molecule has 1 aliphatic rings. The molecule has 0 spiro atoms. The molecule has 1 heterocycles. The Labute approximate surface area is 157 Å². The molecule has 5 nitrogen and oxygen atoms in total. The quantitative estimate of drug-likeness (QED) is 0.805. The van der Waals surface area contributed by atoms with Crippen LogP contribution in [0.2, 0.25) is 5.02 Å². The van der Waals surface area contributed by atoms with Crippen LogP contribution in [0.3, 0.4) is 0 Å². The van der Waals surface area contributed by atoms with E-state index in [1.54, 1.807) is 6.20 Å². The Kier molecular flexibility index (Phi) is 6.09. The number of rotatable bonds is 6. The van der Waals surface area contributed by atoms with Crippen LogP contribution < -0.4 is 10.5 Å². The van der Waals surface area contributed by atoms with Crippen LogP contribution in [0.15, 0.2) is 42.6 Å². The van der Waals surface area contributed by atoms with Crippen molar-refractivity contribution in [1.82, 2.24) is 9.88 Å². The second-order valence-electron chi connectivity index (χ2n) is 6.66. The van der Waals surface area contributed by atoms with E-state index in [0.717, 1.165) is 18.7 Å². The van der Waals surface area contributed by atoms with E-state index < -0.39 is 18.0 Å². The predicted molar refractivity (Wildman–Crippen MR) is 98.8 cm³/mol. The third-order valence-electron chi connectivity index (χ3n) is 4.81. The summed E-state index contributed by atoms with van der Waals surface area (Å²) in [5, 5.41) is 10.7. The van der Waals surface area contributed by atoms with Gasteiger partial charge in [0.05, 0.1) is 11.1 Å². The van der Waals surface area contributed by atoms with Gasteiger partial charge in [-0.25, -0.2) is 4.39 Å². The number of hydrogen-bond donors (Lipinski definition) is 2. The summed E-state index contributed by atoms with van der Waals surface area (Å²) in [6.45, 7) is 0.724. The Bertz CT molecular complexity index is 734. The standard InChI is InChI=1S/C19H23ClFN3O2/c1-24(9-7-12-4-2-3-8-23-12)18-16(22)11-17(19(18)25)26-13-5-6-15(21)14(20)10-13/h2-6,8,10,16-19,25H,7,9,11,22H2,1H3/t16-,17-,18+,19+/m1/s1. The van der Waals surface area contributed by atoms with Gasteiger partial charge in [0.15, 0.2) is 0 Å². The van der Waals surface area contributed by atoms with Crippen molar-refractivity contribution in [2.75, 3.05) is 13.6 Å². The largest absolute Gasteiger partial charge is 0.488 e. The summed E-state index contributed by atoms with van der Waals surface area (Å²) in [7, 11) is 1.94. The maximum Gasteiger partial charge on any atom is 0.142 e. The molecule has 0 bridgehead atoms.